The number of hydrogen-bond acceptors (Lipinski definition) is 4. The van der Waals surface area contributed by atoms with Crippen LogP contribution in [0.3, 0.4) is 0 Å². The van der Waals surface area contributed by atoms with Crippen LogP contribution in [0.15, 0.2) is 140 Å². The van der Waals surface area contributed by atoms with Gasteiger partial charge in [-0.25, -0.2) is 0 Å². The zero-order chi connectivity index (χ0) is 29.0. The third kappa shape index (κ3) is 12.0. The SMILES string of the molecule is [Br-].[CH-]=O.[CH-]=O.[CH-]=O.[Mn+3].c1ccc([PH+](Cc2cccc(C[PH+](c3ccccc3)c3ccccc3)n2)c2ccccc2)cc1. The molecule has 0 radical (unpaired) electrons. The van der Waals surface area contributed by atoms with Crippen molar-refractivity contribution in [3.63, 3.8) is 0 Å². The van der Waals surface area contributed by atoms with E-state index in [1.165, 1.54) is 32.6 Å². The quantitative estimate of drug-likeness (QED) is 0.108. The largest absolute Gasteiger partial charge is 3.00 e. The van der Waals surface area contributed by atoms with Crippen molar-refractivity contribution in [2.75, 3.05) is 0 Å². The first kappa shape index (κ1) is 38.9. The summed E-state index contributed by atoms with van der Waals surface area (Å²) in [5, 5.41) is 5.74. The summed E-state index contributed by atoms with van der Waals surface area (Å²) in [6.07, 6.45) is 1.98. The molecule has 0 unspecified atom stereocenters. The molecule has 0 aliphatic rings. The molecule has 0 aliphatic carbocycles. The fraction of sp³-hybridized carbons (Fsp3) is 0.0588. The minimum Gasteiger partial charge on any atom is -1.00 e. The molecule has 0 N–H and O–H groups in total. The second-order valence-corrected chi connectivity index (χ2v) is 13.3. The third-order valence-corrected chi connectivity index (χ3v) is 11.6. The van der Waals surface area contributed by atoms with Gasteiger partial charge in [-0.1, -0.05) is 78.9 Å². The standard InChI is InChI=1S/C31H27NP2.3CHO.BrH.Mn/c1-5-16-28(17-6-1)33(29-18-7-2-8-19-29)24-26-14-13-15-27(32-26)25-34(30-20-9-3-10-21-30)31-22-11-4-12-23-31;3*1-2;;/h1-23H,24-25H2;3*1H;1H;/q;3*-1;;+3/p+1. The second-order valence-electron chi connectivity index (χ2n) is 8.40. The Bertz CT molecular complexity index is 1190. The van der Waals surface area contributed by atoms with Crippen LogP contribution in [0.5, 0.6) is 0 Å². The van der Waals surface area contributed by atoms with Crippen LogP contribution >= 0.6 is 15.8 Å². The van der Waals surface area contributed by atoms with Gasteiger partial charge in [0, 0.05) is 0 Å². The van der Waals surface area contributed by atoms with Gasteiger partial charge in [0.15, 0.2) is 0 Å². The van der Waals surface area contributed by atoms with Crippen LogP contribution < -0.4 is 38.2 Å². The zero-order valence-corrected chi connectivity index (χ0v) is 27.6. The molecule has 0 atom stereocenters. The molecule has 214 valence electrons. The minimum atomic E-state index is -0.954. The molecule has 0 spiro atoms. The molecule has 8 heteroatoms. The average molecular weight is 699 g/mol. The second kappa shape index (κ2) is 23.5. The Kier molecular flexibility index (Phi) is 21.7. The van der Waals surface area contributed by atoms with Crippen LogP contribution in [0.4, 0.5) is 0 Å². The Morgan fingerprint density at radius 2 is 0.643 bits per heavy atom. The normalized spacial score (nSPS) is 9.29. The van der Waals surface area contributed by atoms with Crippen molar-refractivity contribution in [1.29, 1.82) is 0 Å². The van der Waals surface area contributed by atoms with Crippen molar-refractivity contribution in [2.24, 2.45) is 0 Å². The van der Waals surface area contributed by atoms with Crippen molar-refractivity contribution in [1.82, 2.24) is 4.98 Å². The van der Waals surface area contributed by atoms with E-state index >= 15 is 0 Å². The number of nitrogens with zero attached hydrogens (tertiary/aromatic N) is 1. The molecule has 0 aliphatic heterocycles. The van der Waals surface area contributed by atoms with Gasteiger partial charge in [0.2, 0.25) is 0 Å². The molecule has 42 heavy (non-hydrogen) atoms. The van der Waals surface area contributed by atoms with Crippen molar-refractivity contribution in [2.45, 2.75) is 12.3 Å². The molecule has 1 aromatic heterocycles. The van der Waals surface area contributed by atoms with Gasteiger partial charge in [-0.2, -0.15) is 0 Å². The molecule has 0 bridgehead atoms. The molecule has 0 saturated carbocycles. The minimum absolute atomic E-state index is 0. The maximum Gasteiger partial charge on any atom is 3.00 e. The van der Waals surface area contributed by atoms with E-state index < -0.39 is 15.8 Å². The van der Waals surface area contributed by atoms with E-state index in [-0.39, 0.29) is 34.1 Å². The van der Waals surface area contributed by atoms with Crippen LogP contribution in [0.2, 0.25) is 0 Å². The number of rotatable bonds is 8. The van der Waals surface area contributed by atoms with E-state index in [0.717, 1.165) is 12.3 Å². The molecular weight excluding hydrogens is 667 g/mol. The summed E-state index contributed by atoms with van der Waals surface area (Å²) in [4.78, 5) is 28.5. The Morgan fingerprint density at radius 1 is 0.405 bits per heavy atom. The van der Waals surface area contributed by atoms with E-state index in [1.54, 1.807) is 0 Å². The molecule has 0 amide bonds. The number of aromatic nitrogens is 1. The summed E-state index contributed by atoms with van der Waals surface area (Å²) in [6.45, 7) is 9.75. The fourth-order valence-corrected chi connectivity index (χ4v) is 9.37. The molecular formula is C34H32BrMnNO3P2+. The monoisotopic (exact) mass is 698 g/mol. The summed E-state index contributed by atoms with van der Waals surface area (Å²) in [6, 6.07) is 50.4. The maximum atomic E-state index is 7.75. The van der Waals surface area contributed by atoms with Gasteiger partial charge in [0.05, 0.1) is 48.4 Å². The molecule has 4 nitrogen and oxygen atoms in total. The van der Waals surface area contributed by atoms with Crippen molar-refractivity contribution in [3.05, 3.63) is 151 Å². The number of pyridine rings is 1. The molecule has 5 aromatic rings. The van der Waals surface area contributed by atoms with Gasteiger partial charge in [0.1, 0.15) is 12.3 Å². The Hall–Kier alpha value is -3.10. The zero-order valence-electron chi connectivity index (χ0n) is 22.9. The van der Waals surface area contributed by atoms with Crippen LogP contribution in [0, 0.1) is 0 Å². The molecule has 1 heterocycles. The number of hydrogen-bond donors (Lipinski definition) is 0. The summed E-state index contributed by atoms with van der Waals surface area (Å²) in [7, 11) is -1.91. The van der Waals surface area contributed by atoms with Crippen molar-refractivity contribution < 1.29 is 48.4 Å². The van der Waals surface area contributed by atoms with Gasteiger partial charge >= 0.3 is 17.1 Å². The Balaban J connectivity index is 0.00000198. The first-order chi connectivity index (χ1) is 19.9. The number of benzene rings is 4. The van der Waals surface area contributed by atoms with Crippen molar-refractivity contribution in [3.8, 4) is 0 Å². The predicted octanol–water partition coefficient (Wildman–Crippen LogP) is 1.99. The summed E-state index contributed by atoms with van der Waals surface area (Å²) >= 11 is 0. The van der Waals surface area contributed by atoms with E-state index in [0.29, 0.717) is 0 Å². The van der Waals surface area contributed by atoms with E-state index in [9.17, 15) is 0 Å². The molecule has 5 rings (SSSR count). The van der Waals surface area contributed by atoms with Gasteiger partial charge in [-0.05, 0) is 60.7 Å². The number of carbonyl (C=O) groups excluding carboxylic acids is 3. The molecule has 0 saturated heterocycles. The molecule has 0 fully saturated rings. The third-order valence-electron chi connectivity index (χ3n) is 6.07. The summed E-state index contributed by atoms with van der Waals surface area (Å²) in [5.74, 6) is 0. The fourth-order valence-electron chi connectivity index (χ4n) is 4.39. The van der Waals surface area contributed by atoms with Crippen LogP contribution in [0.1, 0.15) is 11.4 Å². The smallest absolute Gasteiger partial charge is 1.00 e. The van der Waals surface area contributed by atoms with Crippen molar-refractivity contribution >= 4 is 57.4 Å². The van der Waals surface area contributed by atoms with E-state index in [4.69, 9.17) is 19.4 Å². The van der Waals surface area contributed by atoms with Gasteiger partial charge in [-0.3, -0.25) is 25.4 Å². The first-order valence-electron chi connectivity index (χ1n) is 12.5. The van der Waals surface area contributed by atoms with Gasteiger partial charge in [-0.15, -0.1) is 0 Å². The van der Waals surface area contributed by atoms with Gasteiger partial charge in [0.25, 0.3) is 0 Å². The van der Waals surface area contributed by atoms with Crippen LogP contribution in [0.25, 0.3) is 0 Å². The Labute approximate surface area is 272 Å². The number of halogens is 1. The topological polar surface area (TPSA) is 64.1 Å². The molecule has 4 aromatic carbocycles. The van der Waals surface area contributed by atoms with Gasteiger partial charge < -0.3 is 31.4 Å². The summed E-state index contributed by atoms with van der Waals surface area (Å²) in [5.41, 5.74) is 2.39. The van der Waals surface area contributed by atoms with E-state index in [1.807, 2.05) is 0 Å². The summed E-state index contributed by atoms with van der Waals surface area (Å²) < 4.78 is 0. The van der Waals surface area contributed by atoms with Crippen LogP contribution in [-0.2, 0) is 43.8 Å². The predicted molar refractivity (Wildman–Crippen MR) is 173 cm³/mol. The average Bonchev–Trinajstić information content (AvgIpc) is 3.07. The Morgan fingerprint density at radius 3 is 0.881 bits per heavy atom. The first-order valence-corrected chi connectivity index (χ1v) is 15.9. The maximum absolute atomic E-state index is 7.75. The van der Waals surface area contributed by atoms with Crippen LogP contribution in [-0.4, -0.2) is 25.4 Å². The van der Waals surface area contributed by atoms with E-state index in [2.05, 4.69) is 160 Å².